The van der Waals surface area contributed by atoms with Crippen LogP contribution in [0.4, 0.5) is 22.7 Å². The summed E-state index contributed by atoms with van der Waals surface area (Å²) in [6.45, 7) is 0. The maximum Gasteiger partial charge on any atom is 0.163 e. The van der Waals surface area contributed by atoms with E-state index >= 15 is 0 Å². The van der Waals surface area contributed by atoms with Gasteiger partial charge in [0.2, 0.25) is 0 Å². The number of rotatable bonds is 2. The summed E-state index contributed by atoms with van der Waals surface area (Å²) in [5.74, 6) is 0.954. The molecule has 0 fully saturated rings. The van der Waals surface area contributed by atoms with Crippen molar-refractivity contribution in [2.75, 3.05) is 22.9 Å². The quantitative estimate of drug-likeness (QED) is 0.524. The van der Waals surface area contributed by atoms with Crippen molar-refractivity contribution >= 4 is 22.7 Å². The molecule has 0 radical (unpaired) electrons. The second-order valence-corrected chi connectivity index (χ2v) is 4.91. The van der Waals surface area contributed by atoms with Gasteiger partial charge < -0.3 is 22.9 Å². The monoisotopic (exact) mass is 293 g/mol. The van der Waals surface area contributed by atoms with E-state index in [1.165, 1.54) is 6.33 Å². The molecule has 0 atom stereocenters. The van der Waals surface area contributed by atoms with Crippen molar-refractivity contribution in [3.63, 3.8) is 0 Å². The van der Waals surface area contributed by atoms with Gasteiger partial charge in [0, 0.05) is 33.9 Å². The van der Waals surface area contributed by atoms with E-state index in [-0.39, 0.29) is 0 Å². The molecule has 1 aromatic heterocycles. The van der Waals surface area contributed by atoms with Gasteiger partial charge in [0.1, 0.15) is 6.33 Å². The Labute approximate surface area is 127 Å². The second-order valence-electron chi connectivity index (χ2n) is 4.91. The number of benzene rings is 2. The van der Waals surface area contributed by atoms with Crippen LogP contribution in [0.25, 0.3) is 22.8 Å². The normalized spacial score (nSPS) is 10.5. The lowest BCUT2D eigenvalue weighted by Crippen LogP contribution is -1.98. The van der Waals surface area contributed by atoms with Gasteiger partial charge in [-0.05, 0) is 36.4 Å². The molecule has 0 spiro atoms. The first kappa shape index (κ1) is 13.6. The molecular formula is C15H15N7. The Morgan fingerprint density at radius 1 is 0.545 bits per heavy atom. The van der Waals surface area contributed by atoms with Crippen LogP contribution in [0, 0.1) is 0 Å². The summed E-state index contributed by atoms with van der Waals surface area (Å²) in [6.07, 6.45) is 1.43. The summed E-state index contributed by atoms with van der Waals surface area (Å²) in [7, 11) is 0. The molecule has 0 amide bonds. The van der Waals surface area contributed by atoms with Crippen LogP contribution in [0.1, 0.15) is 0 Å². The molecule has 0 bridgehead atoms. The van der Waals surface area contributed by atoms with Crippen molar-refractivity contribution in [2.45, 2.75) is 0 Å². The highest BCUT2D eigenvalue weighted by molar-refractivity contribution is 5.71. The summed E-state index contributed by atoms with van der Waals surface area (Å²) >= 11 is 0. The highest BCUT2D eigenvalue weighted by atomic mass is 15.0. The van der Waals surface area contributed by atoms with Crippen LogP contribution in [0.3, 0.4) is 0 Å². The average molecular weight is 293 g/mol. The minimum Gasteiger partial charge on any atom is -0.399 e. The highest BCUT2D eigenvalue weighted by Gasteiger charge is 2.08. The van der Waals surface area contributed by atoms with Gasteiger partial charge in [-0.15, -0.1) is 0 Å². The predicted octanol–water partition coefficient (Wildman–Crippen LogP) is 1.53. The molecule has 0 saturated carbocycles. The van der Waals surface area contributed by atoms with E-state index < -0.39 is 0 Å². The smallest absolute Gasteiger partial charge is 0.163 e. The summed E-state index contributed by atoms with van der Waals surface area (Å²) in [6, 6.07) is 10.4. The van der Waals surface area contributed by atoms with Crippen LogP contribution in [0.2, 0.25) is 0 Å². The van der Waals surface area contributed by atoms with Crippen molar-refractivity contribution in [2.24, 2.45) is 0 Å². The molecule has 0 saturated heterocycles. The van der Waals surface area contributed by atoms with E-state index in [2.05, 4.69) is 15.0 Å². The van der Waals surface area contributed by atoms with Gasteiger partial charge in [-0.2, -0.15) is 0 Å². The topological polar surface area (TPSA) is 143 Å². The van der Waals surface area contributed by atoms with Gasteiger partial charge in [0.25, 0.3) is 0 Å². The Hall–Kier alpha value is -3.35. The molecule has 22 heavy (non-hydrogen) atoms. The van der Waals surface area contributed by atoms with Crippen molar-refractivity contribution in [1.82, 2.24) is 15.0 Å². The molecule has 1 heterocycles. The van der Waals surface area contributed by atoms with Crippen LogP contribution >= 0.6 is 0 Å². The molecule has 0 aliphatic carbocycles. The van der Waals surface area contributed by atoms with Crippen molar-refractivity contribution in [1.29, 1.82) is 0 Å². The van der Waals surface area contributed by atoms with E-state index in [1.807, 2.05) is 0 Å². The Balaban J connectivity index is 2.09. The number of hydrogen-bond donors (Lipinski definition) is 4. The third-order valence-electron chi connectivity index (χ3n) is 3.04. The van der Waals surface area contributed by atoms with Gasteiger partial charge in [-0.1, -0.05) is 0 Å². The van der Waals surface area contributed by atoms with Crippen molar-refractivity contribution in [3.8, 4) is 22.8 Å². The van der Waals surface area contributed by atoms with Gasteiger partial charge in [-0.3, -0.25) is 0 Å². The molecular weight excluding hydrogens is 278 g/mol. The van der Waals surface area contributed by atoms with Crippen LogP contribution in [-0.2, 0) is 0 Å². The zero-order chi connectivity index (χ0) is 15.7. The number of anilines is 4. The van der Waals surface area contributed by atoms with Crippen molar-refractivity contribution < 1.29 is 0 Å². The average Bonchev–Trinajstić information content (AvgIpc) is 2.45. The zero-order valence-electron chi connectivity index (χ0n) is 11.7. The third-order valence-corrected chi connectivity index (χ3v) is 3.04. The van der Waals surface area contributed by atoms with Gasteiger partial charge in [-0.25, -0.2) is 15.0 Å². The number of nitrogens with two attached hydrogens (primary N) is 4. The maximum atomic E-state index is 5.80. The molecule has 2 aromatic carbocycles. The fourth-order valence-corrected chi connectivity index (χ4v) is 2.19. The summed E-state index contributed by atoms with van der Waals surface area (Å²) in [5.41, 5.74) is 26.8. The molecule has 3 rings (SSSR count). The highest BCUT2D eigenvalue weighted by Crippen LogP contribution is 2.25. The SMILES string of the molecule is Nc1cc(N)cc(-c2ncnc(-c3cc(N)cc(N)c3)n2)c1. The number of nitrogens with zero attached hydrogens (tertiary/aromatic N) is 3. The van der Waals surface area contributed by atoms with Crippen LogP contribution in [0.5, 0.6) is 0 Å². The van der Waals surface area contributed by atoms with E-state index in [0.717, 1.165) is 11.1 Å². The number of nitrogen functional groups attached to an aromatic ring is 4. The largest absolute Gasteiger partial charge is 0.399 e. The van der Waals surface area contributed by atoms with E-state index in [1.54, 1.807) is 36.4 Å². The van der Waals surface area contributed by atoms with E-state index in [9.17, 15) is 0 Å². The lowest BCUT2D eigenvalue weighted by Gasteiger charge is -2.06. The summed E-state index contributed by atoms with van der Waals surface area (Å²) in [4.78, 5) is 12.8. The predicted molar refractivity (Wildman–Crippen MR) is 88.3 cm³/mol. The number of aromatic nitrogens is 3. The molecule has 110 valence electrons. The second kappa shape index (κ2) is 5.21. The molecule has 0 aliphatic heterocycles. The van der Waals surface area contributed by atoms with Crippen LogP contribution < -0.4 is 22.9 Å². The first-order valence-corrected chi connectivity index (χ1v) is 6.53. The van der Waals surface area contributed by atoms with Gasteiger partial charge >= 0.3 is 0 Å². The molecule has 0 aliphatic rings. The minimum absolute atomic E-state index is 0.477. The molecule has 3 aromatic rings. The lowest BCUT2D eigenvalue weighted by molar-refractivity contribution is 1.07. The molecule has 7 nitrogen and oxygen atoms in total. The minimum atomic E-state index is 0.477. The van der Waals surface area contributed by atoms with E-state index in [4.69, 9.17) is 22.9 Å². The van der Waals surface area contributed by atoms with Crippen LogP contribution in [0.15, 0.2) is 42.7 Å². The number of hydrogen-bond acceptors (Lipinski definition) is 7. The molecule has 7 heteroatoms. The van der Waals surface area contributed by atoms with E-state index in [0.29, 0.717) is 34.4 Å². The Bertz CT molecular complexity index is 738. The summed E-state index contributed by atoms with van der Waals surface area (Å²) < 4.78 is 0. The fourth-order valence-electron chi connectivity index (χ4n) is 2.19. The first-order chi connectivity index (χ1) is 10.5. The lowest BCUT2D eigenvalue weighted by atomic mass is 10.1. The molecule has 0 unspecified atom stereocenters. The van der Waals surface area contributed by atoms with Gasteiger partial charge in [0.05, 0.1) is 0 Å². The maximum absolute atomic E-state index is 5.80. The first-order valence-electron chi connectivity index (χ1n) is 6.53. The standard InChI is InChI=1S/C15H15N7/c16-10-1-8(2-11(17)5-10)14-20-7-21-15(22-14)9-3-12(18)6-13(19)4-9/h1-7H,16-19H2. The zero-order valence-corrected chi connectivity index (χ0v) is 11.7. The summed E-state index contributed by atoms with van der Waals surface area (Å²) in [5, 5.41) is 0. The molecule has 8 N–H and O–H groups in total. The Morgan fingerprint density at radius 2 is 0.909 bits per heavy atom. The Morgan fingerprint density at radius 3 is 1.27 bits per heavy atom. The van der Waals surface area contributed by atoms with Gasteiger partial charge in [0.15, 0.2) is 11.6 Å². The Kier molecular flexibility index (Phi) is 3.23. The van der Waals surface area contributed by atoms with Crippen molar-refractivity contribution in [3.05, 3.63) is 42.7 Å². The third kappa shape index (κ3) is 2.73. The van der Waals surface area contributed by atoms with Crippen LogP contribution in [-0.4, -0.2) is 15.0 Å². The fraction of sp³-hybridized carbons (Fsp3) is 0.